The third-order valence-corrected chi connectivity index (χ3v) is 3.00. The molecule has 0 aliphatic rings. The maximum Gasteiger partial charge on any atom is 0.133 e. The summed E-state index contributed by atoms with van der Waals surface area (Å²) in [5, 5.41) is 20.7. The molecule has 0 aliphatic heterocycles. The molecular weight excluding hydrogens is 371 g/mol. The molecule has 0 heterocycles. The molecule has 0 bridgehead atoms. The average molecular weight is 396 g/mol. The molecule has 1 unspecified atom stereocenters. The molecule has 0 fully saturated rings. The van der Waals surface area contributed by atoms with E-state index in [-0.39, 0.29) is 24.0 Å². The zero-order valence-corrected chi connectivity index (χ0v) is 15.3. The van der Waals surface area contributed by atoms with Gasteiger partial charge in [-0.3, -0.25) is 0 Å². The third kappa shape index (κ3) is 7.54. The van der Waals surface area contributed by atoms with Crippen LogP contribution in [0, 0.1) is 6.92 Å². The second-order valence-electron chi connectivity index (χ2n) is 5.39. The van der Waals surface area contributed by atoms with Crippen molar-refractivity contribution < 1.29 is 19.5 Å². The third-order valence-electron chi connectivity index (χ3n) is 3.00. The zero-order valence-electron chi connectivity index (χ0n) is 12.9. The number of rotatable bonds is 2. The fourth-order valence-electron chi connectivity index (χ4n) is 1.43. The van der Waals surface area contributed by atoms with E-state index in [2.05, 4.69) is 34.1 Å². The number of phenols is 1. The molecular formula is C14H25IN2O3. The molecule has 1 aromatic rings. The number of hydrogen-bond acceptors (Lipinski definition) is 3. The monoisotopic (exact) mass is 396 g/mol. The van der Waals surface area contributed by atoms with Gasteiger partial charge in [-0.1, -0.05) is 11.6 Å². The van der Waals surface area contributed by atoms with Crippen molar-refractivity contribution in [2.45, 2.75) is 19.9 Å². The van der Waals surface area contributed by atoms with Gasteiger partial charge in [-0.15, -0.1) is 24.0 Å². The Balaban J connectivity index is 0. The second kappa shape index (κ2) is 9.02. The minimum absolute atomic E-state index is 0. The minimum Gasteiger partial charge on any atom is -0.530 e. The Morgan fingerprint density at radius 3 is 2.15 bits per heavy atom. The summed E-state index contributed by atoms with van der Waals surface area (Å²) in [7, 11) is 7.68. The van der Waals surface area contributed by atoms with E-state index in [4.69, 9.17) is 9.90 Å². The highest BCUT2D eigenvalue weighted by Gasteiger charge is 2.23. The number of hydrogen-bond donors (Lipinski definition) is 2. The minimum atomic E-state index is -1.25. The Morgan fingerprint density at radius 2 is 1.80 bits per heavy atom. The van der Waals surface area contributed by atoms with Crippen LogP contribution in [0.25, 0.3) is 0 Å². The smallest absolute Gasteiger partial charge is 0.133 e. The van der Waals surface area contributed by atoms with Gasteiger partial charge in [0.05, 0.1) is 26.7 Å². The van der Waals surface area contributed by atoms with E-state index < -0.39 is 6.09 Å². The summed E-state index contributed by atoms with van der Waals surface area (Å²) in [5.74, 6) is 0.399. The van der Waals surface area contributed by atoms with Gasteiger partial charge in [0.15, 0.2) is 0 Å². The van der Waals surface area contributed by atoms with Crippen molar-refractivity contribution >= 4 is 30.1 Å². The molecule has 1 atom stereocenters. The molecule has 2 N–H and O–H groups in total. The van der Waals surface area contributed by atoms with Gasteiger partial charge in [0.2, 0.25) is 0 Å². The van der Waals surface area contributed by atoms with Gasteiger partial charge in [-0.05, 0) is 26.0 Å². The lowest BCUT2D eigenvalue weighted by Crippen LogP contribution is -2.37. The Hall–Kier alpha value is -1.02. The Bertz CT molecular complexity index is 431. The first-order chi connectivity index (χ1) is 8.59. The van der Waals surface area contributed by atoms with Gasteiger partial charge >= 0.3 is 0 Å². The molecule has 1 rings (SSSR count). The van der Waals surface area contributed by atoms with E-state index in [9.17, 15) is 5.11 Å². The number of aromatic hydroxyl groups is 1. The summed E-state index contributed by atoms with van der Waals surface area (Å²) in [6, 6.07) is 6.07. The van der Waals surface area contributed by atoms with Crippen LogP contribution in [0.2, 0.25) is 0 Å². The van der Waals surface area contributed by atoms with Crippen LogP contribution in [-0.2, 0) is 0 Å². The largest absolute Gasteiger partial charge is 0.530 e. The topological polar surface area (TPSA) is 72.4 Å². The molecule has 0 aromatic heterocycles. The van der Waals surface area contributed by atoms with E-state index in [1.54, 1.807) is 6.07 Å². The van der Waals surface area contributed by atoms with Crippen molar-refractivity contribution in [3.8, 4) is 5.75 Å². The van der Waals surface area contributed by atoms with Gasteiger partial charge in [-0.2, -0.15) is 0 Å². The first-order valence-electron chi connectivity index (χ1n) is 6.09. The molecule has 5 nitrogen and oxygen atoms in total. The quantitative estimate of drug-likeness (QED) is 0.590. The molecule has 20 heavy (non-hydrogen) atoms. The van der Waals surface area contributed by atoms with Gasteiger partial charge in [0.25, 0.3) is 0 Å². The van der Waals surface area contributed by atoms with Crippen LogP contribution in [0.4, 0.5) is 4.79 Å². The maximum atomic E-state index is 9.76. The standard InChI is InChI=1S/C12H19NO.C2H5NO2.HI/c1-9-6-7-12(14)11(8-9)10(2)13(3,4)5;1-3-2(4)5;/h6-8,10H,1-5H3;3H,1H3,(H,4,5);1H. The first kappa shape index (κ1) is 21.3. The summed E-state index contributed by atoms with van der Waals surface area (Å²) < 4.78 is 0.816. The molecule has 0 saturated heterocycles. The zero-order chi connectivity index (χ0) is 15.2. The highest BCUT2D eigenvalue weighted by atomic mass is 127. The van der Waals surface area contributed by atoms with Crippen molar-refractivity contribution in [2.24, 2.45) is 0 Å². The molecule has 1 amide bonds. The van der Waals surface area contributed by atoms with Crippen LogP contribution in [0.3, 0.4) is 0 Å². The molecule has 1 aromatic carbocycles. The predicted molar refractivity (Wildman–Crippen MR) is 89.2 cm³/mol. The van der Waals surface area contributed by atoms with Gasteiger partial charge in [-0.25, -0.2) is 0 Å². The molecule has 0 spiro atoms. The number of carboxylic acid groups (broad SMARTS) is 1. The van der Waals surface area contributed by atoms with Crippen molar-refractivity contribution in [2.75, 3.05) is 28.2 Å². The van der Waals surface area contributed by atoms with Crippen LogP contribution >= 0.6 is 24.0 Å². The summed E-state index contributed by atoms with van der Waals surface area (Å²) in [6.45, 7) is 4.18. The molecule has 0 saturated carbocycles. The number of amides is 1. The molecule has 0 radical (unpaired) electrons. The SMILES string of the molecule is CNC(=O)[O-].Cc1ccc(O)c(C(C)[N+](C)(C)C)c1.I. The summed E-state index contributed by atoms with van der Waals surface area (Å²) in [4.78, 5) is 9.15. The molecule has 6 heteroatoms. The molecule has 116 valence electrons. The van der Waals surface area contributed by atoms with Crippen molar-refractivity contribution in [3.63, 3.8) is 0 Å². The van der Waals surface area contributed by atoms with Crippen LogP contribution in [0.5, 0.6) is 5.75 Å². The van der Waals surface area contributed by atoms with E-state index in [1.165, 1.54) is 12.6 Å². The first-order valence-corrected chi connectivity index (χ1v) is 6.09. The van der Waals surface area contributed by atoms with Gasteiger partial charge in [0, 0.05) is 7.05 Å². The van der Waals surface area contributed by atoms with Crippen LogP contribution in [0.15, 0.2) is 18.2 Å². The normalized spacial score (nSPS) is 11.5. The Morgan fingerprint density at radius 1 is 1.35 bits per heavy atom. The lowest BCUT2D eigenvalue weighted by molar-refractivity contribution is -0.900. The number of carbonyl (C=O) groups excluding carboxylic acids is 1. The van der Waals surface area contributed by atoms with Crippen LogP contribution in [-0.4, -0.2) is 43.9 Å². The maximum absolute atomic E-state index is 9.76. The second-order valence-corrected chi connectivity index (χ2v) is 5.39. The number of benzene rings is 1. The fraction of sp³-hybridized carbons (Fsp3) is 0.500. The average Bonchev–Trinajstić information content (AvgIpc) is 2.31. The van der Waals surface area contributed by atoms with Crippen LogP contribution < -0.4 is 10.4 Å². The van der Waals surface area contributed by atoms with Crippen molar-refractivity contribution in [1.82, 2.24) is 5.32 Å². The van der Waals surface area contributed by atoms with E-state index in [0.29, 0.717) is 11.8 Å². The van der Waals surface area contributed by atoms with Crippen molar-refractivity contribution in [3.05, 3.63) is 29.3 Å². The summed E-state index contributed by atoms with van der Waals surface area (Å²) in [5.41, 5.74) is 2.22. The number of quaternary nitrogens is 1. The lowest BCUT2D eigenvalue weighted by atomic mass is 10.0. The number of halogens is 1. The summed E-state index contributed by atoms with van der Waals surface area (Å²) in [6.07, 6.45) is -1.25. The van der Waals surface area contributed by atoms with E-state index in [1.807, 2.05) is 18.3 Å². The Labute approximate surface area is 138 Å². The van der Waals surface area contributed by atoms with E-state index in [0.717, 1.165) is 10.0 Å². The number of nitrogens with zero attached hydrogens (tertiary/aromatic N) is 1. The molecule has 0 aliphatic carbocycles. The Kier molecular flexibility index (Phi) is 9.59. The lowest BCUT2D eigenvalue weighted by Gasteiger charge is -2.32. The predicted octanol–water partition coefficient (Wildman–Crippen LogP) is 1.63. The van der Waals surface area contributed by atoms with Crippen LogP contribution in [0.1, 0.15) is 24.1 Å². The van der Waals surface area contributed by atoms with Gasteiger partial charge < -0.3 is 24.8 Å². The highest BCUT2D eigenvalue weighted by molar-refractivity contribution is 14.0. The number of aryl methyl sites for hydroxylation is 1. The highest BCUT2D eigenvalue weighted by Crippen LogP contribution is 2.30. The van der Waals surface area contributed by atoms with Crippen molar-refractivity contribution in [1.29, 1.82) is 0 Å². The van der Waals surface area contributed by atoms with E-state index >= 15 is 0 Å². The fourth-order valence-corrected chi connectivity index (χ4v) is 1.43. The van der Waals surface area contributed by atoms with Gasteiger partial charge in [0.1, 0.15) is 17.9 Å². The summed E-state index contributed by atoms with van der Waals surface area (Å²) >= 11 is 0. The number of nitrogens with one attached hydrogen (secondary N) is 1. The number of carbonyl (C=O) groups is 1. The number of phenolic OH excluding ortho intramolecular Hbond substituents is 1.